The summed E-state index contributed by atoms with van der Waals surface area (Å²) in [7, 11) is 0. The Morgan fingerprint density at radius 1 is 0.958 bits per heavy atom. The van der Waals surface area contributed by atoms with Crippen molar-refractivity contribution in [2.24, 2.45) is 11.3 Å². The maximum Gasteiger partial charge on any atom is 0.114 e. The fourth-order valence-electron chi connectivity index (χ4n) is 3.70. The van der Waals surface area contributed by atoms with E-state index < -0.39 is 0 Å². The molecule has 0 saturated heterocycles. The van der Waals surface area contributed by atoms with Crippen molar-refractivity contribution < 1.29 is 0 Å². The van der Waals surface area contributed by atoms with Gasteiger partial charge in [0.2, 0.25) is 0 Å². The zero-order valence-corrected chi connectivity index (χ0v) is 15.6. The Balaban J connectivity index is 2.23. The Kier molecular flexibility index (Phi) is 4.62. The fourth-order valence-corrected chi connectivity index (χ4v) is 3.70. The number of hydrogen-bond acceptors (Lipinski definition) is 2. The number of fused-ring (bicyclic) bond motifs is 3. The largest absolute Gasteiger partial charge is 0.334 e. The minimum Gasteiger partial charge on any atom is -0.334 e. The zero-order chi connectivity index (χ0) is 17.3. The van der Waals surface area contributed by atoms with E-state index >= 15 is 0 Å². The molecule has 1 atom stereocenters. The van der Waals surface area contributed by atoms with E-state index in [9.17, 15) is 0 Å². The van der Waals surface area contributed by atoms with Crippen LogP contribution >= 0.6 is 0 Å². The van der Waals surface area contributed by atoms with Gasteiger partial charge in [0.1, 0.15) is 11.0 Å². The summed E-state index contributed by atoms with van der Waals surface area (Å²) in [5, 5.41) is 0. The van der Waals surface area contributed by atoms with Gasteiger partial charge in [0.25, 0.3) is 0 Å². The van der Waals surface area contributed by atoms with Gasteiger partial charge in [0.05, 0.1) is 11.0 Å². The summed E-state index contributed by atoms with van der Waals surface area (Å²) >= 11 is 0. The molecule has 0 fully saturated rings. The highest BCUT2D eigenvalue weighted by Crippen LogP contribution is 2.41. The van der Waals surface area contributed by atoms with Crippen LogP contribution in [0.2, 0.25) is 0 Å². The first-order valence-corrected chi connectivity index (χ1v) is 9.20. The molecule has 0 radical (unpaired) electrons. The third-order valence-corrected chi connectivity index (χ3v) is 5.83. The van der Waals surface area contributed by atoms with Gasteiger partial charge in [0, 0.05) is 18.4 Å². The van der Waals surface area contributed by atoms with Crippen LogP contribution in [0.4, 0.5) is 0 Å². The van der Waals surface area contributed by atoms with Gasteiger partial charge >= 0.3 is 0 Å². The lowest BCUT2D eigenvalue weighted by Gasteiger charge is -2.35. The number of nitrogens with zero attached hydrogens (tertiary/aromatic N) is 3. The molecule has 0 aliphatic heterocycles. The van der Waals surface area contributed by atoms with Crippen molar-refractivity contribution in [2.45, 2.75) is 59.9 Å². The van der Waals surface area contributed by atoms with Gasteiger partial charge in [-0.1, -0.05) is 47.5 Å². The fraction of sp³-hybridized carbons (Fsp3) is 0.524. The van der Waals surface area contributed by atoms with Crippen molar-refractivity contribution in [3.8, 4) is 0 Å². The minimum atomic E-state index is 0.363. The molecule has 3 heterocycles. The van der Waals surface area contributed by atoms with Crippen LogP contribution in [0.1, 0.15) is 59.9 Å². The highest BCUT2D eigenvalue weighted by molar-refractivity contribution is 6.03. The monoisotopic (exact) mass is 323 g/mol. The molecular weight excluding hydrogens is 294 g/mol. The van der Waals surface area contributed by atoms with E-state index in [0.717, 1.165) is 11.0 Å². The third kappa shape index (κ3) is 2.81. The predicted octanol–water partition coefficient (Wildman–Crippen LogP) is 6.00. The number of rotatable bonds is 6. The lowest BCUT2D eigenvalue weighted by Crippen LogP contribution is -2.25. The van der Waals surface area contributed by atoms with Crippen LogP contribution in [-0.2, 0) is 0 Å². The first kappa shape index (κ1) is 16.9. The van der Waals surface area contributed by atoms with Gasteiger partial charge < -0.3 is 4.57 Å². The summed E-state index contributed by atoms with van der Waals surface area (Å²) in [4.78, 5) is 9.25. The highest BCUT2D eigenvalue weighted by atomic mass is 15.0. The molecule has 0 aliphatic carbocycles. The number of pyridine rings is 2. The topological polar surface area (TPSA) is 30.7 Å². The molecule has 0 aromatic carbocycles. The average Bonchev–Trinajstić information content (AvgIpc) is 2.94. The van der Waals surface area contributed by atoms with Gasteiger partial charge in [-0.2, -0.15) is 0 Å². The minimum absolute atomic E-state index is 0.363. The summed E-state index contributed by atoms with van der Waals surface area (Å²) < 4.78 is 2.50. The summed E-state index contributed by atoms with van der Waals surface area (Å²) in [6.07, 6.45) is 7.34. The second-order valence-electron chi connectivity index (χ2n) is 7.65. The quantitative estimate of drug-likeness (QED) is 0.557. The molecule has 3 heteroatoms. The van der Waals surface area contributed by atoms with Crippen LogP contribution in [0.5, 0.6) is 0 Å². The Bertz CT molecular complexity index is 774. The van der Waals surface area contributed by atoms with Crippen LogP contribution in [-0.4, -0.2) is 14.5 Å². The third-order valence-electron chi connectivity index (χ3n) is 5.83. The number of hydrogen-bond donors (Lipinski definition) is 0. The second-order valence-corrected chi connectivity index (χ2v) is 7.65. The molecule has 3 aromatic rings. The van der Waals surface area contributed by atoms with E-state index in [1.807, 2.05) is 24.5 Å². The van der Waals surface area contributed by atoms with Gasteiger partial charge in [-0.15, -0.1) is 0 Å². The van der Waals surface area contributed by atoms with Crippen LogP contribution in [0.3, 0.4) is 0 Å². The second kappa shape index (κ2) is 6.54. The van der Waals surface area contributed by atoms with E-state index in [0.29, 0.717) is 17.4 Å². The van der Waals surface area contributed by atoms with Gasteiger partial charge in [0.15, 0.2) is 0 Å². The molecular formula is C21H29N3. The maximum absolute atomic E-state index is 4.63. The Morgan fingerprint density at radius 3 is 1.88 bits per heavy atom. The molecule has 128 valence electrons. The summed E-state index contributed by atoms with van der Waals surface area (Å²) in [6, 6.07) is 8.90. The smallest absolute Gasteiger partial charge is 0.114 e. The van der Waals surface area contributed by atoms with E-state index in [1.54, 1.807) is 0 Å². The number of aromatic nitrogens is 3. The summed E-state index contributed by atoms with van der Waals surface area (Å²) in [5.41, 5.74) is 4.82. The van der Waals surface area contributed by atoms with E-state index in [1.165, 1.54) is 30.3 Å². The summed E-state index contributed by atoms with van der Waals surface area (Å²) in [5.74, 6) is 0.557. The molecule has 0 aliphatic rings. The molecule has 3 aromatic heterocycles. The van der Waals surface area contributed by atoms with E-state index in [-0.39, 0.29) is 0 Å². The molecule has 0 amide bonds. The SMILES string of the molecule is CCC(C)(CC)CC(C(C)C)n1c2cccnc2c2ncccc21. The summed E-state index contributed by atoms with van der Waals surface area (Å²) in [6.45, 7) is 11.7. The molecule has 0 N–H and O–H groups in total. The van der Waals surface area contributed by atoms with Crippen LogP contribution in [0, 0.1) is 11.3 Å². The Morgan fingerprint density at radius 2 is 1.46 bits per heavy atom. The van der Waals surface area contributed by atoms with E-state index in [2.05, 4.69) is 61.3 Å². The zero-order valence-electron chi connectivity index (χ0n) is 15.6. The van der Waals surface area contributed by atoms with Gasteiger partial charge in [-0.25, -0.2) is 0 Å². The molecule has 0 spiro atoms. The van der Waals surface area contributed by atoms with Crippen molar-refractivity contribution in [1.29, 1.82) is 0 Å². The van der Waals surface area contributed by atoms with Crippen molar-refractivity contribution in [1.82, 2.24) is 14.5 Å². The van der Waals surface area contributed by atoms with Crippen molar-refractivity contribution in [2.75, 3.05) is 0 Å². The molecule has 3 nitrogen and oxygen atoms in total. The normalized spacial score (nSPS) is 13.9. The van der Waals surface area contributed by atoms with Crippen LogP contribution in [0.15, 0.2) is 36.7 Å². The van der Waals surface area contributed by atoms with Crippen molar-refractivity contribution in [3.63, 3.8) is 0 Å². The highest BCUT2D eigenvalue weighted by Gasteiger charge is 2.29. The molecule has 24 heavy (non-hydrogen) atoms. The standard InChI is InChI=1S/C21H29N3/c1-6-21(5,7-2)14-18(15(3)4)24-16-10-8-12-22-19(16)20-17(24)11-9-13-23-20/h8-13,15,18H,6-7,14H2,1-5H3. The first-order chi connectivity index (χ1) is 11.5. The molecule has 0 bridgehead atoms. The van der Waals surface area contributed by atoms with E-state index in [4.69, 9.17) is 0 Å². The predicted molar refractivity (Wildman–Crippen MR) is 102 cm³/mol. The lowest BCUT2D eigenvalue weighted by molar-refractivity contribution is 0.197. The van der Waals surface area contributed by atoms with Crippen LogP contribution in [0.25, 0.3) is 22.1 Å². The Hall–Kier alpha value is -1.90. The van der Waals surface area contributed by atoms with Gasteiger partial charge in [-0.05, 0) is 42.0 Å². The van der Waals surface area contributed by atoms with Crippen LogP contribution < -0.4 is 0 Å². The molecule has 3 rings (SSSR count). The first-order valence-electron chi connectivity index (χ1n) is 9.20. The molecule has 0 saturated carbocycles. The Labute approximate surface area is 145 Å². The average molecular weight is 323 g/mol. The van der Waals surface area contributed by atoms with Gasteiger partial charge in [-0.3, -0.25) is 9.97 Å². The molecule has 1 unspecified atom stereocenters. The lowest BCUT2D eigenvalue weighted by atomic mass is 9.76. The van der Waals surface area contributed by atoms with Crippen molar-refractivity contribution in [3.05, 3.63) is 36.7 Å². The van der Waals surface area contributed by atoms with Crippen molar-refractivity contribution >= 4 is 22.1 Å². The maximum atomic E-state index is 4.63.